The smallest absolute Gasteiger partial charge is 0.307 e. The Bertz CT molecular complexity index is 428. The van der Waals surface area contributed by atoms with E-state index < -0.39 is 5.97 Å². The third-order valence-electron chi connectivity index (χ3n) is 3.51. The number of nitrogens with zero attached hydrogens (tertiary/aromatic N) is 1. The minimum atomic E-state index is -0.659. The Kier molecular flexibility index (Phi) is 3.48. The van der Waals surface area contributed by atoms with Crippen LogP contribution in [0.1, 0.15) is 23.1 Å². The van der Waals surface area contributed by atoms with Gasteiger partial charge >= 0.3 is 5.97 Å². The van der Waals surface area contributed by atoms with Crippen LogP contribution in [0.2, 0.25) is 0 Å². The molecule has 1 aliphatic rings. The molecule has 0 radical (unpaired) electrons. The van der Waals surface area contributed by atoms with Crippen molar-refractivity contribution in [3.8, 4) is 0 Å². The zero-order valence-corrected chi connectivity index (χ0v) is 10.4. The van der Waals surface area contributed by atoms with E-state index in [2.05, 4.69) is 36.9 Å². The third-order valence-corrected chi connectivity index (χ3v) is 3.51. The molecule has 3 nitrogen and oxygen atoms in total. The second kappa shape index (κ2) is 4.88. The van der Waals surface area contributed by atoms with Gasteiger partial charge < -0.3 is 5.11 Å². The number of aryl methyl sites for hydroxylation is 2. The van der Waals surface area contributed by atoms with E-state index in [9.17, 15) is 4.79 Å². The Labute approximate surface area is 102 Å². The van der Waals surface area contributed by atoms with Crippen LogP contribution in [0, 0.1) is 19.8 Å². The number of benzene rings is 1. The first-order valence-corrected chi connectivity index (χ1v) is 6.07. The van der Waals surface area contributed by atoms with Gasteiger partial charge in [0, 0.05) is 13.1 Å². The van der Waals surface area contributed by atoms with E-state index in [0.29, 0.717) is 6.54 Å². The van der Waals surface area contributed by atoms with Crippen molar-refractivity contribution in [2.45, 2.75) is 26.8 Å². The van der Waals surface area contributed by atoms with Crippen molar-refractivity contribution < 1.29 is 9.90 Å². The second-order valence-corrected chi connectivity index (χ2v) is 4.99. The van der Waals surface area contributed by atoms with E-state index in [1.54, 1.807) is 0 Å². The summed E-state index contributed by atoms with van der Waals surface area (Å²) in [6, 6.07) is 6.45. The maximum atomic E-state index is 10.9. The van der Waals surface area contributed by atoms with E-state index in [0.717, 1.165) is 19.5 Å². The quantitative estimate of drug-likeness (QED) is 0.870. The Morgan fingerprint density at radius 1 is 1.47 bits per heavy atom. The minimum absolute atomic E-state index is 0.180. The predicted molar refractivity (Wildman–Crippen MR) is 66.9 cm³/mol. The molecule has 1 heterocycles. The minimum Gasteiger partial charge on any atom is -0.481 e. The summed E-state index contributed by atoms with van der Waals surface area (Å²) in [7, 11) is 0. The Balaban J connectivity index is 2.00. The highest BCUT2D eigenvalue weighted by atomic mass is 16.4. The lowest BCUT2D eigenvalue weighted by Crippen LogP contribution is -2.23. The van der Waals surface area contributed by atoms with Crippen molar-refractivity contribution in [3.05, 3.63) is 34.9 Å². The highest BCUT2D eigenvalue weighted by Gasteiger charge is 2.27. The first-order valence-electron chi connectivity index (χ1n) is 6.07. The molecule has 1 aromatic carbocycles. The molecule has 1 N–H and O–H groups in total. The lowest BCUT2D eigenvalue weighted by molar-refractivity contribution is -0.141. The summed E-state index contributed by atoms with van der Waals surface area (Å²) in [5.41, 5.74) is 3.88. The summed E-state index contributed by atoms with van der Waals surface area (Å²) in [6.45, 7) is 6.66. The lowest BCUT2D eigenvalue weighted by Gasteiger charge is -2.17. The molecule has 1 atom stereocenters. The van der Waals surface area contributed by atoms with Crippen LogP contribution in [-0.4, -0.2) is 29.1 Å². The first kappa shape index (κ1) is 12.1. The molecule has 3 heteroatoms. The SMILES string of the molecule is Cc1ccc(CN2CC[C@H](C(=O)O)C2)c(C)c1. The topological polar surface area (TPSA) is 40.5 Å². The van der Waals surface area contributed by atoms with Crippen molar-refractivity contribution >= 4 is 5.97 Å². The number of carbonyl (C=O) groups is 1. The van der Waals surface area contributed by atoms with Crippen LogP contribution in [0.4, 0.5) is 0 Å². The molecular weight excluding hydrogens is 214 g/mol. The zero-order valence-electron chi connectivity index (χ0n) is 10.4. The van der Waals surface area contributed by atoms with Gasteiger partial charge in [-0.15, -0.1) is 0 Å². The van der Waals surface area contributed by atoms with Crippen LogP contribution in [-0.2, 0) is 11.3 Å². The van der Waals surface area contributed by atoms with E-state index in [-0.39, 0.29) is 5.92 Å². The van der Waals surface area contributed by atoms with Crippen LogP contribution >= 0.6 is 0 Å². The Morgan fingerprint density at radius 3 is 2.82 bits per heavy atom. The molecule has 1 aliphatic heterocycles. The summed E-state index contributed by atoms with van der Waals surface area (Å²) in [4.78, 5) is 13.1. The summed E-state index contributed by atoms with van der Waals surface area (Å²) in [5.74, 6) is -0.839. The van der Waals surface area contributed by atoms with E-state index >= 15 is 0 Å². The average Bonchev–Trinajstić information content (AvgIpc) is 2.71. The summed E-state index contributed by atoms with van der Waals surface area (Å²) in [5, 5.41) is 8.96. The van der Waals surface area contributed by atoms with Gasteiger partial charge in [-0.2, -0.15) is 0 Å². The number of carboxylic acids is 1. The molecule has 1 fully saturated rings. The van der Waals surface area contributed by atoms with E-state index in [1.165, 1.54) is 16.7 Å². The van der Waals surface area contributed by atoms with Gasteiger partial charge in [0.05, 0.1) is 5.92 Å². The van der Waals surface area contributed by atoms with Crippen molar-refractivity contribution in [3.63, 3.8) is 0 Å². The number of hydrogen-bond acceptors (Lipinski definition) is 2. The fourth-order valence-electron chi connectivity index (χ4n) is 2.44. The molecule has 92 valence electrons. The normalized spacial score (nSPS) is 20.7. The second-order valence-electron chi connectivity index (χ2n) is 4.99. The molecule has 2 rings (SSSR count). The van der Waals surface area contributed by atoms with Crippen molar-refractivity contribution in [2.75, 3.05) is 13.1 Å². The van der Waals surface area contributed by atoms with E-state index in [1.807, 2.05) is 0 Å². The van der Waals surface area contributed by atoms with Crippen LogP contribution in [0.15, 0.2) is 18.2 Å². The number of likely N-dealkylation sites (tertiary alicyclic amines) is 1. The van der Waals surface area contributed by atoms with Gasteiger partial charge in [0.2, 0.25) is 0 Å². The molecule has 0 saturated carbocycles. The molecule has 1 saturated heterocycles. The summed E-state index contributed by atoms with van der Waals surface area (Å²) in [6.07, 6.45) is 0.778. The monoisotopic (exact) mass is 233 g/mol. The average molecular weight is 233 g/mol. The van der Waals surface area contributed by atoms with Gasteiger partial charge in [-0.25, -0.2) is 0 Å². The third kappa shape index (κ3) is 2.86. The van der Waals surface area contributed by atoms with Crippen LogP contribution in [0.25, 0.3) is 0 Å². The molecule has 0 spiro atoms. The molecule has 0 aromatic heterocycles. The molecule has 17 heavy (non-hydrogen) atoms. The van der Waals surface area contributed by atoms with Gasteiger partial charge in [-0.3, -0.25) is 9.69 Å². The number of carboxylic acid groups (broad SMARTS) is 1. The van der Waals surface area contributed by atoms with Gasteiger partial charge in [0.1, 0.15) is 0 Å². The van der Waals surface area contributed by atoms with Crippen LogP contribution in [0.5, 0.6) is 0 Å². The van der Waals surface area contributed by atoms with E-state index in [4.69, 9.17) is 5.11 Å². The number of aliphatic carboxylic acids is 1. The van der Waals surface area contributed by atoms with Crippen LogP contribution < -0.4 is 0 Å². The maximum absolute atomic E-state index is 10.9. The lowest BCUT2D eigenvalue weighted by atomic mass is 10.1. The van der Waals surface area contributed by atoms with Crippen molar-refractivity contribution in [1.29, 1.82) is 0 Å². The fourth-order valence-corrected chi connectivity index (χ4v) is 2.44. The number of hydrogen-bond donors (Lipinski definition) is 1. The Hall–Kier alpha value is -1.35. The molecule has 1 aromatic rings. The fraction of sp³-hybridized carbons (Fsp3) is 0.500. The highest BCUT2D eigenvalue weighted by molar-refractivity contribution is 5.70. The summed E-state index contributed by atoms with van der Waals surface area (Å²) < 4.78 is 0. The summed E-state index contributed by atoms with van der Waals surface area (Å²) >= 11 is 0. The first-order chi connectivity index (χ1) is 8.06. The number of rotatable bonds is 3. The molecule has 0 aliphatic carbocycles. The Morgan fingerprint density at radius 2 is 2.24 bits per heavy atom. The van der Waals surface area contributed by atoms with Crippen molar-refractivity contribution in [2.24, 2.45) is 5.92 Å². The molecule has 0 unspecified atom stereocenters. The zero-order chi connectivity index (χ0) is 12.4. The standard InChI is InChI=1S/C14H19NO2/c1-10-3-4-12(11(2)7-10)8-15-6-5-13(9-15)14(16)17/h3-4,7,13H,5-6,8-9H2,1-2H3,(H,16,17)/t13-/m0/s1. The maximum Gasteiger partial charge on any atom is 0.307 e. The molecule has 0 amide bonds. The van der Waals surface area contributed by atoms with Gasteiger partial charge in [-0.05, 0) is 37.9 Å². The highest BCUT2D eigenvalue weighted by Crippen LogP contribution is 2.20. The van der Waals surface area contributed by atoms with Gasteiger partial charge in [0.15, 0.2) is 0 Å². The van der Waals surface area contributed by atoms with Gasteiger partial charge in [0.25, 0.3) is 0 Å². The van der Waals surface area contributed by atoms with Crippen molar-refractivity contribution in [1.82, 2.24) is 4.90 Å². The molecular formula is C14H19NO2. The van der Waals surface area contributed by atoms with Gasteiger partial charge in [-0.1, -0.05) is 23.8 Å². The largest absolute Gasteiger partial charge is 0.481 e. The molecule has 0 bridgehead atoms. The van der Waals surface area contributed by atoms with Crippen LogP contribution in [0.3, 0.4) is 0 Å². The predicted octanol–water partition coefficient (Wildman–Crippen LogP) is 2.21.